The molecule has 3 saturated carbocycles. The molecule has 0 heterocycles. The number of benzene rings is 1. The molecular formula is C27H34F5I. The van der Waals surface area contributed by atoms with Crippen LogP contribution in [0.4, 0.5) is 22.0 Å². The summed E-state index contributed by atoms with van der Waals surface area (Å²) in [4.78, 5) is 0. The van der Waals surface area contributed by atoms with Crippen LogP contribution in [0.25, 0.3) is 6.08 Å². The fourth-order valence-corrected chi connectivity index (χ4v) is 7.46. The molecule has 0 nitrogen and oxygen atoms in total. The number of hydrogen-bond acceptors (Lipinski definition) is 0. The second-order valence-electron chi connectivity index (χ2n) is 10.6. The molecular weight excluding hydrogens is 546 g/mol. The number of halogens is 6. The van der Waals surface area contributed by atoms with Gasteiger partial charge in [0.15, 0.2) is 0 Å². The van der Waals surface area contributed by atoms with Gasteiger partial charge in [0.1, 0.15) is 11.6 Å². The highest BCUT2D eigenvalue weighted by atomic mass is 127. The van der Waals surface area contributed by atoms with Gasteiger partial charge < -0.3 is 0 Å². The van der Waals surface area contributed by atoms with Gasteiger partial charge in [-0.25, -0.2) is 8.78 Å². The largest absolute Gasteiger partial charge is 0.409 e. The molecule has 3 fully saturated rings. The van der Waals surface area contributed by atoms with E-state index in [-0.39, 0.29) is 12.0 Å². The Morgan fingerprint density at radius 1 is 0.667 bits per heavy atom. The van der Waals surface area contributed by atoms with Crippen LogP contribution in [-0.2, 0) is 0 Å². The van der Waals surface area contributed by atoms with E-state index in [4.69, 9.17) is 0 Å². The van der Waals surface area contributed by atoms with E-state index < -0.39 is 23.4 Å². The molecule has 3 aliphatic rings. The lowest BCUT2D eigenvalue weighted by Gasteiger charge is -2.41. The van der Waals surface area contributed by atoms with E-state index in [1.165, 1.54) is 63.5 Å². The van der Waals surface area contributed by atoms with Crippen LogP contribution in [0.3, 0.4) is 0 Å². The zero-order valence-electron chi connectivity index (χ0n) is 19.0. The highest BCUT2D eigenvalue weighted by Gasteiger charge is 2.35. The lowest BCUT2D eigenvalue weighted by atomic mass is 9.65. The first kappa shape index (κ1) is 25.4. The molecule has 1 aromatic rings. The fraction of sp³-hybridized carbons (Fsp3) is 0.704. The third-order valence-electron chi connectivity index (χ3n) is 8.63. The lowest BCUT2D eigenvalue weighted by molar-refractivity contribution is -0.0790. The molecule has 0 N–H and O–H groups in total. The average molecular weight is 580 g/mol. The molecule has 0 saturated heterocycles. The number of rotatable bonds is 4. The normalized spacial score (nSPS) is 34.0. The molecule has 0 aromatic heterocycles. The molecule has 0 aliphatic heterocycles. The van der Waals surface area contributed by atoms with Crippen molar-refractivity contribution >= 4 is 28.7 Å². The van der Waals surface area contributed by atoms with E-state index in [0.717, 1.165) is 47.4 Å². The van der Waals surface area contributed by atoms with Crippen molar-refractivity contribution in [3.05, 3.63) is 41.0 Å². The monoisotopic (exact) mass is 580 g/mol. The predicted octanol–water partition coefficient (Wildman–Crippen LogP) is 9.61. The lowest BCUT2D eigenvalue weighted by Crippen LogP contribution is -2.29. The predicted molar refractivity (Wildman–Crippen MR) is 131 cm³/mol. The Labute approximate surface area is 207 Å². The SMILES string of the molecule is Fc1cc(C2CCC(C3CCC(C4CCC(I)CC4)CC3)CC2)cc(F)c1/C=C/C(F)(F)F. The third kappa shape index (κ3) is 6.72. The molecule has 3 aliphatic carbocycles. The summed E-state index contributed by atoms with van der Waals surface area (Å²) in [5, 5.41) is 0. The Morgan fingerprint density at radius 3 is 1.48 bits per heavy atom. The van der Waals surface area contributed by atoms with Gasteiger partial charge in [0.2, 0.25) is 0 Å². The van der Waals surface area contributed by atoms with E-state index in [2.05, 4.69) is 22.6 Å². The Morgan fingerprint density at radius 2 is 1.06 bits per heavy atom. The van der Waals surface area contributed by atoms with Gasteiger partial charge >= 0.3 is 6.18 Å². The molecule has 33 heavy (non-hydrogen) atoms. The van der Waals surface area contributed by atoms with E-state index in [9.17, 15) is 22.0 Å². The molecule has 184 valence electrons. The Bertz CT molecular complexity index is 785. The smallest absolute Gasteiger partial charge is 0.206 e. The highest BCUT2D eigenvalue weighted by Crippen LogP contribution is 2.47. The molecule has 0 amide bonds. The van der Waals surface area contributed by atoms with Crippen LogP contribution in [0, 0.1) is 35.3 Å². The standard InChI is InChI=1S/C27H34F5I/c28-25-15-22(16-26(29)24(25)13-14-27(30,31)32)21-7-5-18(6-8-21)17-1-3-19(4-2-17)20-9-11-23(33)12-10-20/h13-21,23H,1-12H2/b14-13+. The summed E-state index contributed by atoms with van der Waals surface area (Å²) in [7, 11) is 0. The summed E-state index contributed by atoms with van der Waals surface area (Å²) in [6.07, 6.45) is 10.7. The van der Waals surface area contributed by atoms with Gasteiger partial charge in [-0.05, 0) is 130 Å². The van der Waals surface area contributed by atoms with Gasteiger partial charge in [-0.15, -0.1) is 0 Å². The topological polar surface area (TPSA) is 0 Å². The fourth-order valence-electron chi connectivity index (χ4n) is 6.74. The van der Waals surface area contributed by atoms with Crippen molar-refractivity contribution in [2.75, 3.05) is 0 Å². The van der Waals surface area contributed by atoms with Crippen molar-refractivity contribution in [3.63, 3.8) is 0 Å². The van der Waals surface area contributed by atoms with E-state index in [0.29, 0.717) is 17.6 Å². The van der Waals surface area contributed by atoms with Gasteiger partial charge in [-0.1, -0.05) is 22.6 Å². The summed E-state index contributed by atoms with van der Waals surface area (Å²) in [5.41, 5.74) is -0.0318. The van der Waals surface area contributed by atoms with Crippen LogP contribution in [0.2, 0.25) is 0 Å². The Hall–Kier alpha value is -0.660. The molecule has 0 bridgehead atoms. The molecule has 0 atom stereocenters. The summed E-state index contributed by atoms with van der Waals surface area (Å²) >= 11 is 2.60. The number of hydrogen-bond donors (Lipinski definition) is 0. The number of allylic oxidation sites excluding steroid dienone is 1. The first-order valence-corrected chi connectivity index (χ1v) is 13.8. The molecule has 0 radical (unpaired) electrons. The van der Waals surface area contributed by atoms with Crippen LogP contribution in [0.1, 0.15) is 94.1 Å². The van der Waals surface area contributed by atoms with Crippen LogP contribution in [0.5, 0.6) is 0 Å². The minimum Gasteiger partial charge on any atom is -0.206 e. The van der Waals surface area contributed by atoms with E-state index in [1.807, 2.05) is 0 Å². The van der Waals surface area contributed by atoms with Crippen molar-refractivity contribution in [2.45, 2.75) is 93.1 Å². The van der Waals surface area contributed by atoms with Gasteiger partial charge in [-0.2, -0.15) is 13.2 Å². The first-order chi connectivity index (χ1) is 15.7. The quantitative estimate of drug-likeness (QED) is 0.189. The van der Waals surface area contributed by atoms with Crippen molar-refractivity contribution in [1.82, 2.24) is 0 Å². The van der Waals surface area contributed by atoms with Crippen molar-refractivity contribution in [1.29, 1.82) is 0 Å². The van der Waals surface area contributed by atoms with Crippen molar-refractivity contribution in [2.24, 2.45) is 23.7 Å². The van der Waals surface area contributed by atoms with Gasteiger partial charge in [0, 0.05) is 15.6 Å². The number of alkyl halides is 4. The second-order valence-corrected chi connectivity index (χ2v) is 12.3. The van der Waals surface area contributed by atoms with E-state index >= 15 is 0 Å². The zero-order valence-corrected chi connectivity index (χ0v) is 21.2. The van der Waals surface area contributed by atoms with Crippen LogP contribution in [0.15, 0.2) is 18.2 Å². The maximum atomic E-state index is 14.4. The van der Waals surface area contributed by atoms with Gasteiger partial charge in [0.05, 0.1) is 0 Å². The minimum atomic E-state index is -4.59. The summed E-state index contributed by atoms with van der Waals surface area (Å²) in [5.74, 6) is 1.60. The molecule has 1 aromatic carbocycles. The maximum absolute atomic E-state index is 14.4. The third-order valence-corrected chi connectivity index (χ3v) is 9.88. The Balaban J connectivity index is 1.28. The summed E-state index contributed by atoms with van der Waals surface area (Å²) < 4.78 is 66.7. The summed E-state index contributed by atoms with van der Waals surface area (Å²) in [6.45, 7) is 0. The van der Waals surface area contributed by atoms with Gasteiger partial charge in [-0.3, -0.25) is 0 Å². The molecule has 4 rings (SSSR count). The van der Waals surface area contributed by atoms with Crippen molar-refractivity contribution in [3.8, 4) is 0 Å². The van der Waals surface area contributed by atoms with Crippen LogP contribution in [-0.4, -0.2) is 10.1 Å². The first-order valence-electron chi connectivity index (χ1n) is 12.6. The molecule has 6 heteroatoms. The van der Waals surface area contributed by atoms with Crippen molar-refractivity contribution < 1.29 is 22.0 Å². The van der Waals surface area contributed by atoms with E-state index in [1.54, 1.807) is 0 Å². The average Bonchev–Trinajstić information content (AvgIpc) is 2.78. The highest BCUT2D eigenvalue weighted by molar-refractivity contribution is 14.1. The summed E-state index contributed by atoms with van der Waals surface area (Å²) in [6, 6.07) is 2.47. The van der Waals surface area contributed by atoms with Crippen LogP contribution >= 0.6 is 22.6 Å². The van der Waals surface area contributed by atoms with Crippen LogP contribution < -0.4 is 0 Å². The molecule has 0 unspecified atom stereocenters. The zero-order chi connectivity index (χ0) is 23.6. The maximum Gasteiger partial charge on any atom is 0.409 e. The Kier molecular flexibility index (Phi) is 8.44. The van der Waals surface area contributed by atoms with Gasteiger partial charge in [0.25, 0.3) is 0 Å². The molecule has 0 spiro atoms. The second kappa shape index (κ2) is 10.9. The minimum absolute atomic E-state index is 0.0886.